The van der Waals surface area contributed by atoms with E-state index in [4.69, 9.17) is 14.6 Å². The number of aliphatic hydroxyl groups is 1. The van der Waals surface area contributed by atoms with Gasteiger partial charge in [0.05, 0.1) is 36.9 Å². The topological polar surface area (TPSA) is 59.0 Å². The number of nitrogens with zero attached hydrogens (tertiary/aromatic N) is 1. The number of rotatable bonds is 5. The summed E-state index contributed by atoms with van der Waals surface area (Å²) < 4.78 is 11.0. The van der Waals surface area contributed by atoms with Crippen LogP contribution < -0.4 is 9.47 Å². The second-order valence-corrected chi connectivity index (χ2v) is 4.99. The molecule has 0 aliphatic heterocycles. The molecule has 0 radical (unpaired) electrons. The van der Waals surface area contributed by atoms with E-state index in [1.807, 2.05) is 0 Å². The second kappa shape index (κ2) is 6.77. The van der Waals surface area contributed by atoms with Crippen LogP contribution >= 0.6 is 15.9 Å². The predicted octanol–water partition coefficient (Wildman–Crippen LogP) is 1.92. The minimum absolute atomic E-state index is 0.101. The van der Waals surface area contributed by atoms with Crippen molar-refractivity contribution in [1.29, 1.82) is 0 Å². The van der Waals surface area contributed by atoms with Gasteiger partial charge in [-0.3, -0.25) is 4.79 Å². The molecule has 1 rings (SSSR count). The Hall–Kier alpha value is -1.27. The van der Waals surface area contributed by atoms with Gasteiger partial charge in [0.2, 0.25) is 0 Å². The average Bonchev–Trinajstić information content (AvgIpc) is 2.43. The molecule has 19 heavy (non-hydrogen) atoms. The fourth-order valence-corrected chi connectivity index (χ4v) is 2.17. The highest BCUT2D eigenvalue weighted by Gasteiger charge is 2.23. The summed E-state index contributed by atoms with van der Waals surface area (Å²) in [5.41, 5.74) is 0.386. The third-order valence-corrected chi connectivity index (χ3v) is 3.52. The Morgan fingerprint density at radius 2 is 2.05 bits per heavy atom. The first kappa shape index (κ1) is 15.8. The van der Waals surface area contributed by atoms with E-state index in [2.05, 4.69) is 15.9 Å². The van der Waals surface area contributed by atoms with Gasteiger partial charge in [0.15, 0.2) is 0 Å². The molecule has 0 saturated carbocycles. The highest BCUT2D eigenvalue weighted by molar-refractivity contribution is 9.10. The van der Waals surface area contributed by atoms with Gasteiger partial charge in [0.25, 0.3) is 5.91 Å². The SMILES string of the molecule is COc1cc(Br)c(OC)c(C(=O)N(C)C(C)CO)c1. The first-order valence-corrected chi connectivity index (χ1v) is 6.55. The van der Waals surface area contributed by atoms with E-state index in [0.29, 0.717) is 21.5 Å². The average molecular weight is 332 g/mol. The molecule has 0 aliphatic carbocycles. The number of hydrogen-bond acceptors (Lipinski definition) is 4. The third kappa shape index (κ3) is 3.39. The Morgan fingerprint density at radius 3 is 2.53 bits per heavy atom. The Kier molecular flexibility index (Phi) is 5.62. The molecule has 1 atom stereocenters. The van der Waals surface area contributed by atoms with Gasteiger partial charge in [-0.05, 0) is 35.0 Å². The number of ether oxygens (including phenoxy) is 2. The fraction of sp³-hybridized carbons (Fsp3) is 0.462. The van der Waals surface area contributed by atoms with Crippen LogP contribution in [0.15, 0.2) is 16.6 Å². The van der Waals surface area contributed by atoms with Crippen molar-refractivity contribution in [2.45, 2.75) is 13.0 Å². The van der Waals surface area contributed by atoms with Gasteiger partial charge in [0, 0.05) is 7.05 Å². The Labute approximate surface area is 121 Å². The molecule has 0 fully saturated rings. The molecule has 0 heterocycles. The number of amides is 1. The van der Waals surface area contributed by atoms with E-state index in [1.54, 1.807) is 26.1 Å². The van der Waals surface area contributed by atoms with Crippen LogP contribution in [0.5, 0.6) is 11.5 Å². The van der Waals surface area contributed by atoms with Gasteiger partial charge in [-0.25, -0.2) is 0 Å². The zero-order valence-electron chi connectivity index (χ0n) is 11.4. The van der Waals surface area contributed by atoms with Crippen LogP contribution in [0.1, 0.15) is 17.3 Å². The van der Waals surface area contributed by atoms with E-state index >= 15 is 0 Å². The minimum atomic E-state index is -0.276. The van der Waals surface area contributed by atoms with Crippen molar-refractivity contribution < 1.29 is 19.4 Å². The normalized spacial score (nSPS) is 11.9. The van der Waals surface area contributed by atoms with Crippen LogP contribution in [-0.4, -0.2) is 49.8 Å². The van der Waals surface area contributed by atoms with E-state index in [0.717, 1.165) is 0 Å². The molecule has 0 aromatic heterocycles. The molecule has 0 spiro atoms. The largest absolute Gasteiger partial charge is 0.497 e. The lowest BCUT2D eigenvalue weighted by atomic mass is 10.1. The molecule has 1 aromatic carbocycles. The quantitative estimate of drug-likeness (QED) is 0.895. The Balaban J connectivity index is 3.24. The lowest BCUT2D eigenvalue weighted by molar-refractivity contribution is 0.0678. The molecule has 0 bridgehead atoms. The molecule has 106 valence electrons. The highest BCUT2D eigenvalue weighted by Crippen LogP contribution is 2.34. The number of hydrogen-bond donors (Lipinski definition) is 1. The minimum Gasteiger partial charge on any atom is -0.497 e. The summed E-state index contributed by atoms with van der Waals surface area (Å²) in [5, 5.41) is 9.12. The third-order valence-electron chi connectivity index (χ3n) is 2.93. The molecule has 1 aromatic rings. The van der Waals surface area contributed by atoms with Crippen molar-refractivity contribution in [2.24, 2.45) is 0 Å². The number of halogens is 1. The number of likely N-dealkylation sites (N-methyl/N-ethyl adjacent to an activating group) is 1. The number of aliphatic hydroxyl groups excluding tert-OH is 1. The maximum Gasteiger partial charge on any atom is 0.257 e. The number of methoxy groups -OCH3 is 2. The molecule has 0 aliphatic rings. The van der Waals surface area contributed by atoms with Crippen LogP contribution in [0.3, 0.4) is 0 Å². The molecular formula is C13H18BrNO4. The van der Waals surface area contributed by atoms with E-state index in [-0.39, 0.29) is 18.6 Å². The number of carbonyl (C=O) groups excluding carboxylic acids is 1. The van der Waals surface area contributed by atoms with Crippen LogP contribution in [0.4, 0.5) is 0 Å². The van der Waals surface area contributed by atoms with Crippen LogP contribution in [0.2, 0.25) is 0 Å². The second-order valence-electron chi connectivity index (χ2n) is 4.14. The van der Waals surface area contributed by atoms with Crippen molar-refractivity contribution in [3.63, 3.8) is 0 Å². The predicted molar refractivity (Wildman–Crippen MR) is 75.9 cm³/mol. The molecule has 0 saturated heterocycles. The first-order chi connectivity index (χ1) is 8.96. The maximum absolute atomic E-state index is 12.4. The van der Waals surface area contributed by atoms with Gasteiger partial charge in [-0.15, -0.1) is 0 Å². The summed E-state index contributed by atoms with van der Waals surface area (Å²) in [5.74, 6) is 0.766. The van der Waals surface area contributed by atoms with E-state index in [1.165, 1.54) is 19.1 Å². The van der Waals surface area contributed by atoms with Crippen molar-refractivity contribution in [1.82, 2.24) is 4.90 Å². The van der Waals surface area contributed by atoms with Crippen LogP contribution in [0, 0.1) is 0 Å². The molecule has 5 nitrogen and oxygen atoms in total. The van der Waals surface area contributed by atoms with Crippen molar-refractivity contribution >= 4 is 21.8 Å². The fourth-order valence-electron chi connectivity index (χ4n) is 1.57. The summed E-state index contributed by atoms with van der Waals surface area (Å²) in [6.07, 6.45) is 0. The summed E-state index contributed by atoms with van der Waals surface area (Å²) in [4.78, 5) is 13.9. The molecule has 1 unspecified atom stereocenters. The van der Waals surface area contributed by atoms with Crippen molar-refractivity contribution in [2.75, 3.05) is 27.9 Å². The lowest BCUT2D eigenvalue weighted by Crippen LogP contribution is -2.37. The zero-order chi connectivity index (χ0) is 14.6. The van der Waals surface area contributed by atoms with Crippen LogP contribution in [-0.2, 0) is 0 Å². The maximum atomic E-state index is 12.4. The van der Waals surface area contributed by atoms with E-state index in [9.17, 15) is 4.79 Å². The van der Waals surface area contributed by atoms with E-state index < -0.39 is 0 Å². The number of carbonyl (C=O) groups is 1. The summed E-state index contributed by atoms with van der Waals surface area (Å²) in [6, 6.07) is 3.07. The van der Waals surface area contributed by atoms with Crippen LogP contribution in [0.25, 0.3) is 0 Å². The van der Waals surface area contributed by atoms with Gasteiger partial charge in [0.1, 0.15) is 11.5 Å². The van der Waals surface area contributed by atoms with Gasteiger partial charge >= 0.3 is 0 Å². The molecule has 1 amide bonds. The first-order valence-electron chi connectivity index (χ1n) is 5.75. The molecular weight excluding hydrogens is 314 g/mol. The lowest BCUT2D eigenvalue weighted by Gasteiger charge is -2.24. The monoisotopic (exact) mass is 331 g/mol. The molecule has 1 N–H and O–H groups in total. The summed E-state index contributed by atoms with van der Waals surface area (Å²) in [7, 11) is 4.66. The smallest absolute Gasteiger partial charge is 0.257 e. The summed E-state index contributed by atoms with van der Waals surface area (Å²) in [6.45, 7) is 1.66. The Bertz CT molecular complexity index is 464. The standard InChI is InChI=1S/C13H18BrNO4/c1-8(7-16)15(2)13(17)10-5-9(18-3)6-11(14)12(10)19-4/h5-6,8,16H,7H2,1-4H3. The van der Waals surface area contributed by atoms with Gasteiger partial charge in [-0.1, -0.05) is 0 Å². The Morgan fingerprint density at radius 1 is 1.42 bits per heavy atom. The zero-order valence-corrected chi connectivity index (χ0v) is 13.0. The highest BCUT2D eigenvalue weighted by atomic mass is 79.9. The van der Waals surface area contributed by atoms with Gasteiger partial charge in [-0.2, -0.15) is 0 Å². The van der Waals surface area contributed by atoms with Crippen molar-refractivity contribution in [3.05, 3.63) is 22.2 Å². The van der Waals surface area contributed by atoms with Gasteiger partial charge < -0.3 is 19.5 Å². The molecule has 6 heteroatoms. The number of benzene rings is 1. The summed E-state index contributed by atoms with van der Waals surface area (Å²) >= 11 is 3.35. The van der Waals surface area contributed by atoms with Crippen molar-refractivity contribution in [3.8, 4) is 11.5 Å².